The fraction of sp³-hybridized carbons (Fsp3) is 0.278. The lowest BCUT2D eigenvalue weighted by Gasteiger charge is -2.23. The van der Waals surface area contributed by atoms with Gasteiger partial charge in [0.1, 0.15) is 14.7 Å². The minimum absolute atomic E-state index is 0.426. The third kappa shape index (κ3) is 4.68. The molecule has 2 radical (unpaired) electrons. The molecule has 1 aromatic carbocycles. The summed E-state index contributed by atoms with van der Waals surface area (Å²) in [4.78, 5) is 21.4. The predicted molar refractivity (Wildman–Crippen MR) is 92.6 cm³/mol. The first-order valence-electron chi connectivity index (χ1n) is 7.23. The molecule has 22 heavy (non-hydrogen) atoms. The van der Waals surface area contributed by atoms with E-state index in [0.29, 0.717) is 5.56 Å². The van der Waals surface area contributed by atoms with Crippen LogP contribution in [0.1, 0.15) is 31.1 Å². The van der Waals surface area contributed by atoms with Gasteiger partial charge in [-0.3, -0.25) is 4.89 Å². The monoisotopic (exact) mass is 316 g/mol. The van der Waals surface area contributed by atoms with E-state index in [1.165, 1.54) is 11.8 Å². The molecule has 0 aliphatic carbocycles. The number of hydrogen-bond acceptors (Lipinski definition) is 3. The molecule has 3 nitrogen and oxygen atoms in total. The highest BCUT2D eigenvalue weighted by Crippen LogP contribution is 2.18. The maximum absolute atomic E-state index is 11.9. The lowest BCUT2D eigenvalue weighted by atomic mass is 9.99. The average Bonchev–Trinajstić information content (AvgIpc) is 2.49. The first kappa shape index (κ1) is 18.4. The molecule has 1 aromatic rings. The van der Waals surface area contributed by atoms with Gasteiger partial charge in [0.15, 0.2) is 0 Å². The van der Waals surface area contributed by atoms with E-state index in [-0.39, 0.29) is 0 Å². The van der Waals surface area contributed by atoms with Crippen molar-refractivity contribution in [3.8, 4) is 0 Å². The van der Waals surface area contributed by atoms with Crippen LogP contribution in [0.25, 0.3) is 0 Å². The quantitative estimate of drug-likeness (QED) is 0.414. The Morgan fingerprint density at radius 1 is 1.23 bits per heavy atom. The summed E-state index contributed by atoms with van der Waals surface area (Å²) in [6, 6.07) is 8.33. The lowest BCUT2D eigenvalue weighted by molar-refractivity contribution is -0.222. The molecule has 0 bridgehead atoms. The molecule has 1 rings (SSSR count). The highest BCUT2D eigenvalue weighted by atomic mass is 28.3. The molecule has 0 fully saturated rings. The Kier molecular flexibility index (Phi) is 6.32. The molecule has 0 unspecified atom stereocenters. The van der Waals surface area contributed by atoms with E-state index < -0.39 is 19.5 Å². The zero-order valence-electron chi connectivity index (χ0n) is 13.6. The first-order chi connectivity index (χ1) is 10.3. The molecular formula is C18H24O3Si. The van der Waals surface area contributed by atoms with Crippen LogP contribution in [-0.4, -0.2) is 14.0 Å². The van der Waals surface area contributed by atoms with Crippen LogP contribution in [0.5, 0.6) is 0 Å². The summed E-state index contributed by atoms with van der Waals surface area (Å²) in [6.45, 7) is 18.9. The minimum Gasteiger partial charge on any atom is -0.292 e. The van der Waals surface area contributed by atoms with Crippen molar-refractivity contribution in [3.05, 3.63) is 67.9 Å². The van der Waals surface area contributed by atoms with E-state index >= 15 is 0 Å². The topological polar surface area (TPSA) is 35.5 Å². The molecule has 0 saturated carbocycles. The van der Waals surface area contributed by atoms with Crippen LogP contribution in [0.15, 0.2) is 48.8 Å². The van der Waals surface area contributed by atoms with Crippen molar-refractivity contribution >= 4 is 19.2 Å². The molecule has 0 aliphatic heterocycles. The smallest absolute Gasteiger partial charge is 0.292 e. The van der Waals surface area contributed by atoms with Crippen LogP contribution in [-0.2, 0) is 9.78 Å². The van der Waals surface area contributed by atoms with Gasteiger partial charge in [-0.1, -0.05) is 49.5 Å². The molecular weight excluding hydrogens is 292 g/mol. The molecule has 0 spiro atoms. The van der Waals surface area contributed by atoms with E-state index in [1.807, 2.05) is 37.4 Å². The van der Waals surface area contributed by atoms with Gasteiger partial charge >= 0.3 is 5.97 Å². The highest BCUT2D eigenvalue weighted by Gasteiger charge is 2.26. The van der Waals surface area contributed by atoms with Gasteiger partial charge in [-0.15, -0.1) is 13.2 Å². The second-order valence-corrected chi connectivity index (χ2v) is 10.1. The Morgan fingerprint density at radius 2 is 1.77 bits per heavy atom. The Morgan fingerprint density at radius 3 is 2.18 bits per heavy atom. The van der Waals surface area contributed by atoms with Gasteiger partial charge in [0.2, 0.25) is 0 Å². The largest absolute Gasteiger partial charge is 0.373 e. The van der Waals surface area contributed by atoms with Crippen molar-refractivity contribution in [3.63, 3.8) is 0 Å². The Balaban J connectivity index is 2.78. The van der Waals surface area contributed by atoms with Gasteiger partial charge in [0.05, 0.1) is 5.56 Å². The molecule has 118 valence electrons. The van der Waals surface area contributed by atoms with Crippen LogP contribution in [0, 0.1) is 18.9 Å². The van der Waals surface area contributed by atoms with E-state index in [4.69, 9.17) is 9.78 Å². The van der Waals surface area contributed by atoms with Gasteiger partial charge < -0.3 is 0 Å². The molecule has 0 heterocycles. The second kappa shape index (κ2) is 7.56. The number of carbonyl (C=O) groups excluding carboxylic acids is 1. The van der Waals surface area contributed by atoms with Crippen molar-refractivity contribution in [2.24, 2.45) is 5.41 Å². The van der Waals surface area contributed by atoms with E-state index in [9.17, 15) is 4.79 Å². The molecule has 0 atom stereocenters. The zero-order chi connectivity index (χ0) is 16.8. The summed E-state index contributed by atoms with van der Waals surface area (Å²) >= 11 is 0. The van der Waals surface area contributed by atoms with Gasteiger partial charge in [-0.2, -0.15) is 4.89 Å². The summed E-state index contributed by atoms with van der Waals surface area (Å²) in [5.41, 5.74) is 4.01. The van der Waals surface area contributed by atoms with Crippen LogP contribution in [0.3, 0.4) is 0 Å². The summed E-state index contributed by atoms with van der Waals surface area (Å²) in [6.07, 6.45) is 0. The van der Waals surface area contributed by atoms with Crippen molar-refractivity contribution in [1.29, 1.82) is 0 Å². The van der Waals surface area contributed by atoms with E-state index in [0.717, 1.165) is 6.04 Å². The number of hydrogen-bond donors (Lipinski definition) is 0. The maximum Gasteiger partial charge on any atom is 0.373 e. The fourth-order valence-corrected chi connectivity index (χ4v) is 4.39. The van der Waals surface area contributed by atoms with Crippen molar-refractivity contribution < 1.29 is 14.6 Å². The molecule has 0 saturated heterocycles. The highest BCUT2D eigenvalue weighted by molar-refractivity contribution is 6.99. The van der Waals surface area contributed by atoms with Crippen LogP contribution >= 0.6 is 0 Å². The van der Waals surface area contributed by atoms with Gasteiger partial charge in [0.25, 0.3) is 0 Å². The second-order valence-electron chi connectivity index (χ2n) is 5.95. The Hall–Kier alpha value is -1.65. The summed E-state index contributed by atoms with van der Waals surface area (Å²) in [5, 5.41) is 1.17. The zero-order valence-corrected chi connectivity index (χ0v) is 14.6. The van der Waals surface area contributed by atoms with Crippen molar-refractivity contribution in [1.82, 2.24) is 0 Å². The average molecular weight is 316 g/mol. The Bertz CT molecular complexity index is 518. The van der Waals surface area contributed by atoms with Gasteiger partial charge in [-0.05, 0) is 30.5 Å². The Labute approximate surface area is 134 Å². The van der Waals surface area contributed by atoms with Gasteiger partial charge in [-0.25, -0.2) is 4.79 Å². The fourth-order valence-electron chi connectivity index (χ4n) is 1.97. The number of rotatable bonds is 8. The SMILES string of the molecule is [CH2]C(C)(C)[CH]OOC(=O)c1ccc([Si](C=C)(C=C)CC)cc1. The predicted octanol–water partition coefficient (Wildman–Crippen LogP) is 3.92. The van der Waals surface area contributed by atoms with Crippen molar-refractivity contribution in [2.45, 2.75) is 26.8 Å². The standard InChI is InChI=1S/C18H24O3Si/c1-7-22(8-2,9-3)16-12-10-15(11-13-16)17(19)21-20-14-18(4,5)6/h7-8,10-14H,1-2,4,9H2,3,5-6H3. The van der Waals surface area contributed by atoms with Crippen molar-refractivity contribution in [2.75, 3.05) is 0 Å². The third-order valence-corrected chi connectivity index (χ3v) is 7.50. The minimum atomic E-state index is -1.87. The molecule has 0 N–H and O–H groups in total. The molecule has 0 amide bonds. The lowest BCUT2D eigenvalue weighted by Crippen LogP contribution is -2.43. The van der Waals surface area contributed by atoms with Crippen LogP contribution in [0.2, 0.25) is 6.04 Å². The maximum atomic E-state index is 11.9. The first-order valence-corrected chi connectivity index (χ1v) is 9.59. The van der Waals surface area contributed by atoms with Crippen LogP contribution in [0.4, 0.5) is 0 Å². The summed E-state index contributed by atoms with van der Waals surface area (Å²) in [5.74, 6) is -0.534. The molecule has 4 heteroatoms. The number of benzene rings is 1. The summed E-state index contributed by atoms with van der Waals surface area (Å²) < 4.78 is 0. The van der Waals surface area contributed by atoms with E-state index in [2.05, 4.69) is 27.0 Å². The van der Waals surface area contributed by atoms with Crippen LogP contribution < -0.4 is 5.19 Å². The normalized spacial score (nSPS) is 11.8. The van der Waals surface area contributed by atoms with E-state index in [1.54, 1.807) is 12.1 Å². The third-order valence-electron chi connectivity index (χ3n) is 3.46. The molecule has 0 aliphatic rings. The summed E-state index contributed by atoms with van der Waals surface area (Å²) in [7, 11) is -1.87. The van der Waals surface area contributed by atoms with Gasteiger partial charge in [0, 0.05) is 0 Å². The molecule has 0 aromatic heterocycles. The number of carbonyl (C=O) groups is 1.